The van der Waals surface area contributed by atoms with Crippen LogP contribution in [0.4, 0.5) is 0 Å². The standard InChI is InChI=1S/C21H34N4O/c1-16-8-10-18(11-9-16)15-24-21(22-2)23-13-12-17-6-5-7-19(14-17)20(26)25(3)4/h5-7,14,16,18H,8-13,15H2,1-4H3,(H2,22,23,24). The molecule has 26 heavy (non-hydrogen) atoms. The molecule has 0 saturated heterocycles. The third-order valence-corrected chi connectivity index (χ3v) is 5.20. The maximum absolute atomic E-state index is 12.1. The molecule has 2 rings (SSSR count). The van der Waals surface area contributed by atoms with E-state index in [1.54, 1.807) is 19.0 Å². The van der Waals surface area contributed by atoms with Crippen LogP contribution in [0.25, 0.3) is 0 Å². The smallest absolute Gasteiger partial charge is 0.253 e. The number of guanidine groups is 1. The van der Waals surface area contributed by atoms with Gasteiger partial charge in [-0.15, -0.1) is 0 Å². The van der Waals surface area contributed by atoms with Crippen molar-refractivity contribution < 1.29 is 4.79 Å². The first-order valence-corrected chi connectivity index (χ1v) is 9.74. The maximum atomic E-state index is 12.1. The molecule has 1 aromatic rings. The van der Waals surface area contributed by atoms with Crippen LogP contribution in [0, 0.1) is 11.8 Å². The van der Waals surface area contributed by atoms with Crippen LogP contribution < -0.4 is 10.6 Å². The molecule has 5 heteroatoms. The van der Waals surface area contributed by atoms with E-state index < -0.39 is 0 Å². The Labute approximate surface area is 158 Å². The molecule has 0 unspecified atom stereocenters. The lowest BCUT2D eigenvalue weighted by molar-refractivity contribution is 0.0827. The van der Waals surface area contributed by atoms with E-state index in [4.69, 9.17) is 0 Å². The molecule has 5 nitrogen and oxygen atoms in total. The Kier molecular flexibility index (Phi) is 7.95. The fraction of sp³-hybridized carbons (Fsp3) is 0.619. The van der Waals surface area contributed by atoms with Crippen LogP contribution in [-0.4, -0.2) is 51.0 Å². The molecule has 0 bridgehead atoms. The molecule has 0 atom stereocenters. The second-order valence-corrected chi connectivity index (χ2v) is 7.66. The number of rotatable bonds is 6. The third-order valence-electron chi connectivity index (χ3n) is 5.20. The van der Waals surface area contributed by atoms with Gasteiger partial charge in [0.2, 0.25) is 0 Å². The molecule has 1 aromatic carbocycles. The van der Waals surface area contributed by atoms with Gasteiger partial charge < -0.3 is 15.5 Å². The zero-order chi connectivity index (χ0) is 18.9. The molecular weight excluding hydrogens is 324 g/mol. The number of carbonyl (C=O) groups is 1. The fourth-order valence-corrected chi connectivity index (χ4v) is 3.44. The summed E-state index contributed by atoms with van der Waals surface area (Å²) in [4.78, 5) is 18.0. The van der Waals surface area contributed by atoms with Crippen LogP contribution >= 0.6 is 0 Å². The predicted octanol–water partition coefficient (Wildman–Crippen LogP) is 2.92. The van der Waals surface area contributed by atoms with Gasteiger partial charge in [0.15, 0.2) is 5.96 Å². The third kappa shape index (κ3) is 6.36. The van der Waals surface area contributed by atoms with Gasteiger partial charge >= 0.3 is 0 Å². The highest BCUT2D eigenvalue weighted by Gasteiger charge is 2.18. The summed E-state index contributed by atoms with van der Waals surface area (Å²) in [6, 6.07) is 7.85. The van der Waals surface area contributed by atoms with E-state index in [1.165, 1.54) is 25.7 Å². The fourth-order valence-electron chi connectivity index (χ4n) is 3.44. The number of hydrogen-bond acceptors (Lipinski definition) is 2. The van der Waals surface area contributed by atoms with E-state index >= 15 is 0 Å². The first-order chi connectivity index (χ1) is 12.5. The topological polar surface area (TPSA) is 56.7 Å². The Bertz CT molecular complexity index is 604. The highest BCUT2D eigenvalue weighted by atomic mass is 16.2. The number of nitrogens with zero attached hydrogens (tertiary/aromatic N) is 2. The normalized spacial score (nSPS) is 20.5. The first-order valence-electron chi connectivity index (χ1n) is 9.74. The summed E-state index contributed by atoms with van der Waals surface area (Å²) in [5.41, 5.74) is 1.89. The Morgan fingerprint density at radius 2 is 1.92 bits per heavy atom. The van der Waals surface area contributed by atoms with Gasteiger partial charge in [-0.05, 0) is 48.8 Å². The molecule has 0 heterocycles. The Balaban J connectivity index is 1.75. The lowest BCUT2D eigenvalue weighted by atomic mass is 9.83. The molecule has 2 N–H and O–H groups in total. The molecule has 0 aromatic heterocycles. The van der Waals surface area contributed by atoms with E-state index in [9.17, 15) is 4.79 Å². The van der Waals surface area contributed by atoms with Crippen molar-refractivity contribution in [3.8, 4) is 0 Å². The van der Waals surface area contributed by atoms with E-state index in [1.807, 2.05) is 25.2 Å². The van der Waals surface area contributed by atoms with Crippen LogP contribution in [0.3, 0.4) is 0 Å². The Hall–Kier alpha value is -2.04. The van der Waals surface area contributed by atoms with Crippen LogP contribution in [0.2, 0.25) is 0 Å². The maximum Gasteiger partial charge on any atom is 0.253 e. The summed E-state index contributed by atoms with van der Waals surface area (Å²) in [6.45, 7) is 4.14. The predicted molar refractivity (Wildman–Crippen MR) is 109 cm³/mol. The lowest BCUT2D eigenvalue weighted by Gasteiger charge is -2.26. The van der Waals surface area contributed by atoms with Crippen molar-refractivity contribution >= 4 is 11.9 Å². The molecule has 1 aliphatic rings. The van der Waals surface area contributed by atoms with Gasteiger partial charge in [-0.25, -0.2) is 0 Å². The van der Waals surface area contributed by atoms with Gasteiger partial charge in [0, 0.05) is 39.8 Å². The highest BCUT2D eigenvalue weighted by molar-refractivity contribution is 5.94. The zero-order valence-corrected chi connectivity index (χ0v) is 16.7. The van der Waals surface area contributed by atoms with Crippen molar-refractivity contribution in [1.82, 2.24) is 15.5 Å². The first kappa shape index (κ1) is 20.3. The molecule has 1 aliphatic carbocycles. The summed E-state index contributed by atoms with van der Waals surface area (Å²) in [5, 5.41) is 6.84. The average Bonchev–Trinajstić information content (AvgIpc) is 2.65. The van der Waals surface area contributed by atoms with Crippen molar-refractivity contribution in [3.05, 3.63) is 35.4 Å². The van der Waals surface area contributed by atoms with E-state index in [0.29, 0.717) is 0 Å². The number of amides is 1. The van der Waals surface area contributed by atoms with E-state index in [2.05, 4.69) is 28.6 Å². The van der Waals surface area contributed by atoms with Crippen molar-refractivity contribution in [2.45, 2.75) is 39.0 Å². The summed E-state index contributed by atoms with van der Waals surface area (Å²) in [6.07, 6.45) is 6.19. The van der Waals surface area contributed by atoms with Gasteiger partial charge in [0.05, 0.1) is 0 Å². The highest BCUT2D eigenvalue weighted by Crippen LogP contribution is 2.27. The number of benzene rings is 1. The Morgan fingerprint density at radius 1 is 1.19 bits per heavy atom. The molecule has 0 spiro atoms. The van der Waals surface area contributed by atoms with Crippen LogP contribution in [0.5, 0.6) is 0 Å². The summed E-state index contributed by atoms with van der Waals surface area (Å²) in [5.74, 6) is 2.56. The minimum Gasteiger partial charge on any atom is -0.356 e. The summed E-state index contributed by atoms with van der Waals surface area (Å²) < 4.78 is 0. The van der Waals surface area contributed by atoms with Gasteiger partial charge in [-0.3, -0.25) is 9.79 Å². The average molecular weight is 359 g/mol. The number of carbonyl (C=O) groups excluding carboxylic acids is 1. The van der Waals surface area contributed by atoms with E-state index in [0.717, 1.165) is 48.4 Å². The molecule has 1 saturated carbocycles. The number of aliphatic imine (C=N–C) groups is 1. The number of hydrogen-bond donors (Lipinski definition) is 2. The van der Waals surface area contributed by atoms with Crippen molar-refractivity contribution in [2.75, 3.05) is 34.2 Å². The van der Waals surface area contributed by atoms with Crippen LogP contribution in [0.1, 0.15) is 48.5 Å². The number of nitrogens with one attached hydrogen (secondary N) is 2. The molecular formula is C21H34N4O. The van der Waals surface area contributed by atoms with Gasteiger partial charge in [-0.1, -0.05) is 31.9 Å². The monoisotopic (exact) mass is 358 g/mol. The molecule has 1 fully saturated rings. The second kappa shape index (κ2) is 10.2. The molecule has 0 radical (unpaired) electrons. The largest absolute Gasteiger partial charge is 0.356 e. The lowest BCUT2D eigenvalue weighted by Crippen LogP contribution is -2.41. The second-order valence-electron chi connectivity index (χ2n) is 7.66. The summed E-state index contributed by atoms with van der Waals surface area (Å²) >= 11 is 0. The quantitative estimate of drug-likeness (QED) is 0.607. The minimum atomic E-state index is 0.0408. The van der Waals surface area contributed by atoms with Crippen molar-refractivity contribution in [3.63, 3.8) is 0 Å². The van der Waals surface area contributed by atoms with Gasteiger partial charge in [-0.2, -0.15) is 0 Å². The van der Waals surface area contributed by atoms with Gasteiger partial charge in [0.1, 0.15) is 0 Å². The molecule has 144 valence electrons. The minimum absolute atomic E-state index is 0.0408. The molecule has 1 amide bonds. The van der Waals surface area contributed by atoms with E-state index in [-0.39, 0.29) is 5.91 Å². The summed E-state index contributed by atoms with van der Waals surface area (Å²) in [7, 11) is 5.37. The van der Waals surface area contributed by atoms with Crippen molar-refractivity contribution in [1.29, 1.82) is 0 Å². The zero-order valence-electron chi connectivity index (χ0n) is 16.7. The van der Waals surface area contributed by atoms with Crippen LogP contribution in [0.15, 0.2) is 29.3 Å². The Morgan fingerprint density at radius 3 is 2.58 bits per heavy atom. The van der Waals surface area contributed by atoms with Crippen LogP contribution in [-0.2, 0) is 6.42 Å². The SMILES string of the molecule is CN=C(NCCc1cccc(C(=O)N(C)C)c1)NCC1CCC(C)CC1. The van der Waals surface area contributed by atoms with Gasteiger partial charge in [0.25, 0.3) is 5.91 Å². The van der Waals surface area contributed by atoms with Crippen molar-refractivity contribution in [2.24, 2.45) is 16.8 Å². The molecule has 0 aliphatic heterocycles.